The average Bonchev–Trinajstić information content (AvgIpc) is 0. The van der Waals surface area contributed by atoms with E-state index < -0.39 is 0 Å². The summed E-state index contributed by atoms with van der Waals surface area (Å²) in [4.78, 5) is 0. The maximum Gasteiger partial charge on any atom is 5.00 e. The Bertz CT molecular complexity index is 66.5. The maximum absolute atomic E-state index is 0. The molecular weight excluding hydrogens is 2030 g/mol. The van der Waals surface area contributed by atoms with Crippen molar-refractivity contribution in [1.82, 2.24) is 0 Å². The van der Waals surface area contributed by atoms with Crippen molar-refractivity contribution in [2.45, 2.75) is 0 Å². The Morgan fingerprint density at radius 1 is 0.0625 bits per heavy atom. The van der Waals surface area contributed by atoms with Gasteiger partial charge in [-0.05, 0) is 0 Å². The van der Waals surface area contributed by atoms with Crippen LogP contribution in [0.4, 0.5) is 0 Å². The summed E-state index contributed by atoms with van der Waals surface area (Å²) in [5, 5.41) is 0. The van der Waals surface area contributed by atoms with Crippen LogP contribution in [-0.2, 0) is 158 Å². The van der Waals surface area contributed by atoms with Crippen LogP contribution in [-0.4, -0.2) is 0 Å². The summed E-state index contributed by atoms with van der Waals surface area (Å²) >= 11 is 0. The molecule has 0 bridgehead atoms. The van der Waals surface area contributed by atoms with E-state index in [4.69, 9.17) is 0 Å². The van der Waals surface area contributed by atoms with Crippen molar-refractivity contribution < 1.29 is 158 Å². The van der Waals surface area contributed by atoms with Gasteiger partial charge in [0.25, 0.3) is 0 Å². The molecule has 0 aliphatic carbocycles. The van der Waals surface area contributed by atoms with Crippen LogP contribution < -0.4 is 0 Å². The molecular formula is C28H108N12Os8. The average molecular weight is 2140 g/mol. The van der Waals surface area contributed by atoms with Gasteiger partial charge in [0.2, 0.25) is 0 Å². The molecule has 20 heteroatoms. The molecule has 12 nitrogen and oxygen atoms in total. The molecule has 0 fully saturated rings. The van der Waals surface area contributed by atoms with Gasteiger partial charge in [-0.1, -0.05) is 0 Å². The van der Waals surface area contributed by atoms with Gasteiger partial charge in [0.15, 0.2) is 0 Å². The minimum atomic E-state index is 0. The van der Waals surface area contributed by atoms with Crippen LogP contribution in [0.3, 0.4) is 0 Å². The number of nitrogens with two attached hydrogens (primary N) is 12. The second-order valence-electron chi connectivity index (χ2n) is 0. The van der Waals surface area contributed by atoms with Crippen molar-refractivity contribution in [3.8, 4) is 0 Å². The van der Waals surface area contributed by atoms with E-state index >= 15 is 0 Å². The van der Waals surface area contributed by atoms with Gasteiger partial charge < -0.3 is 282 Å². The van der Waals surface area contributed by atoms with Gasteiger partial charge in [-0.25, -0.2) is 0 Å². The third-order valence-electron chi connectivity index (χ3n) is 0. The quantitative estimate of drug-likeness (QED) is 0.204. The molecule has 0 saturated heterocycles. The molecule has 0 aromatic rings. The van der Waals surface area contributed by atoms with E-state index in [1.165, 1.54) is 0 Å². The smallest absolute Gasteiger partial charge is 0.693 e. The second-order valence-corrected chi connectivity index (χ2v) is 0. The van der Waals surface area contributed by atoms with Crippen molar-refractivity contribution in [2.24, 2.45) is 0 Å². The predicted octanol–water partition coefficient (Wildman–Crippen LogP) is 21.2. The van der Waals surface area contributed by atoms with Crippen LogP contribution in [0.25, 0.3) is 73.8 Å². The van der Waals surface area contributed by atoms with Crippen LogP contribution in [0.1, 0.15) is 0 Å². The Kier molecular flexibility index (Phi) is 854000. The van der Waals surface area contributed by atoms with Crippen LogP contribution in [0.15, 0.2) is 0 Å². The molecule has 48 heavy (non-hydrogen) atoms. The molecule has 0 aliphatic rings. The normalized spacial score (nSPS) is 0. The Morgan fingerprint density at radius 3 is 0.0625 bits per heavy atom. The first-order valence-corrected chi connectivity index (χ1v) is 0. The van der Waals surface area contributed by atoms with Gasteiger partial charge in [-0.15, -0.1) is 0 Å². The molecule has 8 radical (unpaired) electrons. The molecule has 0 amide bonds. The summed E-state index contributed by atoms with van der Waals surface area (Å²) < 4.78 is 0. The largest absolute Gasteiger partial charge is 5.00 e. The minimum absolute atomic E-state index is 0. The van der Waals surface area contributed by atoms with E-state index in [0.717, 1.165) is 0 Å². The molecule has 0 aliphatic heterocycles. The van der Waals surface area contributed by atoms with Gasteiger partial charge >= 0.3 is 158 Å². The van der Waals surface area contributed by atoms with E-state index in [1.54, 1.807) is 0 Å². The zero-order valence-corrected chi connectivity index (χ0v) is 58.1. The fraction of sp³-hybridized carbons (Fsp3) is 0. The molecule has 0 spiro atoms. The van der Waals surface area contributed by atoms with Gasteiger partial charge in [-0.2, -0.15) is 0 Å². The SMILES string of the molecule is [CH3-].[CH3-].[CH3-].[CH3-].[CH3-].[CH3-].[CH3-].[CH3-].[CH3-].[CH3-].[CH3-].[CH3-].[CH3-].[CH3-].[CH3-].[CH3-].[CH3-].[CH3-].[CH3-].[CH3-].[CH3-].[CH3-].[CH3-].[CH3-].[CH3-].[CH3-].[CH3-].[CH3-].[NH2-].[NH2-].[NH2-].[NH2-].[NH2-].[NH2-].[NH2-].[NH2-].[NH2-].[NH2-].[NH2-].[NH2-].[Os+5].[Os+5].[Os+5].[Os+5].[Os+5].[Os+5].[Os+5].[Os+5]. The van der Waals surface area contributed by atoms with Crippen LogP contribution in [0.2, 0.25) is 0 Å². The summed E-state index contributed by atoms with van der Waals surface area (Å²) in [6, 6.07) is 0. The third-order valence-corrected chi connectivity index (χ3v) is 0. The van der Waals surface area contributed by atoms with E-state index in [-0.39, 0.29) is 440 Å². The van der Waals surface area contributed by atoms with Crippen molar-refractivity contribution >= 4 is 0 Å². The summed E-state index contributed by atoms with van der Waals surface area (Å²) in [6.07, 6.45) is 0. The molecule has 0 heterocycles. The standard InChI is InChI=1S/28CH3.12H2N.8Os/h28*1H3;12*1H2;;;;;;;;/q40*-1;8*+5. The Morgan fingerprint density at radius 2 is 0.0625 bits per heavy atom. The summed E-state index contributed by atoms with van der Waals surface area (Å²) in [5.74, 6) is 0. The minimum Gasteiger partial charge on any atom is -0.693 e. The van der Waals surface area contributed by atoms with Crippen LogP contribution in [0.5, 0.6) is 0 Å². The van der Waals surface area contributed by atoms with Crippen molar-refractivity contribution in [1.29, 1.82) is 0 Å². The zero-order valence-electron chi connectivity index (χ0n) is 37.8. The number of hydrogen-bond donors (Lipinski definition) is 0. The molecule has 24 N–H and O–H groups in total. The van der Waals surface area contributed by atoms with Crippen molar-refractivity contribution in [3.05, 3.63) is 282 Å². The molecule has 0 saturated carbocycles. The number of hydrogen-bond acceptors (Lipinski definition) is 0. The van der Waals surface area contributed by atoms with E-state index in [1.807, 2.05) is 0 Å². The van der Waals surface area contributed by atoms with Gasteiger partial charge in [0.1, 0.15) is 0 Å². The van der Waals surface area contributed by atoms with Gasteiger partial charge in [-0.3, -0.25) is 0 Å². The predicted molar refractivity (Wildman–Crippen MR) is 243 cm³/mol. The second kappa shape index (κ2) is 6220. The van der Waals surface area contributed by atoms with Crippen molar-refractivity contribution in [2.75, 3.05) is 0 Å². The molecule has 0 aromatic heterocycles. The Hall–Kier alpha value is 4.61. The topological polar surface area (TPSA) is 402 Å². The summed E-state index contributed by atoms with van der Waals surface area (Å²) in [5.41, 5.74) is 0. The Balaban J connectivity index is 0. The number of rotatable bonds is 0. The monoisotopic (exact) mass is 2150 g/mol. The van der Waals surface area contributed by atoms with E-state index in [0.29, 0.717) is 0 Å². The Labute approximate surface area is 435 Å². The molecule has 0 rings (SSSR count). The molecule has 0 aromatic carbocycles. The fourth-order valence-electron chi connectivity index (χ4n) is 0. The first-order chi connectivity index (χ1) is 0. The molecule has 344 valence electrons. The fourth-order valence-corrected chi connectivity index (χ4v) is 0. The first-order valence-electron chi connectivity index (χ1n) is 0. The summed E-state index contributed by atoms with van der Waals surface area (Å²) in [7, 11) is 0. The third kappa shape index (κ3) is 5860. The summed E-state index contributed by atoms with van der Waals surface area (Å²) in [6.45, 7) is 0. The van der Waals surface area contributed by atoms with E-state index in [2.05, 4.69) is 0 Å². The van der Waals surface area contributed by atoms with Gasteiger partial charge in [0, 0.05) is 0 Å². The first kappa shape index (κ1) is 6590. The zero-order chi connectivity index (χ0) is 0. The maximum atomic E-state index is 0. The molecule has 0 unspecified atom stereocenters. The molecule has 0 atom stereocenters. The van der Waals surface area contributed by atoms with Gasteiger partial charge in [0.05, 0.1) is 0 Å². The van der Waals surface area contributed by atoms with E-state index in [9.17, 15) is 0 Å². The van der Waals surface area contributed by atoms with Crippen molar-refractivity contribution in [3.63, 3.8) is 0 Å². The van der Waals surface area contributed by atoms with Crippen LogP contribution >= 0.6 is 0 Å². The van der Waals surface area contributed by atoms with Crippen LogP contribution in [0, 0.1) is 208 Å².